The fourth-order valence-electron chi connectivity index (χ4n) is 2.41. The second kappa shape index (κ2) is 6.59. The number of carbonyl (C=O) groups excluding carboxylic acids is 1. The smallest absolute Gasteiger partial charge is 0.241 e. The minimum absolute atomic E-state index is 0.182. The van der Waals surface area contributed by atoms with Gasteiger partial charge < -0.3 is 15.1 Å². The third-order valence-electron chi connectivity index (χ3n) is 3.92. The van der Waals surface area contributed by atoms with Gasteiger partial charge in [0.25, 0.3) is 0 Å². The summed E-state index contributed by atoms with van der Waals surface area (Å²) >= 11 is 3.65. The number of rotatable bonds is 3. The molecule has 110 valence electrons. The van der Waals surface area contributed by atoms with Crippen molar-refractivity contribution in [3.8, 4) is 0 Å². The van der Waals surface area contributed by atoms with Gasteiger partial charge >= 0.3 is 0 Å². The molecule has 1 fully saturated rings. The Morgan fingerprint density at radius 3 is 2.75 bits per heavy atom. The molecule has 1 N–H and O–H groups in total. The Morgan fingerprint density at radius 2 is 2.10 bits per heavy atom. The van der Waals surface area contributed by atoms with Crippen LogP contribution in [0.2, 0.25) is 0 Å². The summed E-state index contributed by atoms with van der Waals surface area (Å²) in [5.41, 5.74) is 2.34. The number of hydrogen-bond donors (Lipinski definition) is 1. The first-order valence-corrected chi connectivity index (χ1v) is 7.78. The number of amides is 1. The number of halogens is 1. The van der Waals surface area contributed by atoms with Crippen molar-refractivity contribution in [3.05, 3.63) is 28.2 Å². The lowest BCUT2D eigenvalue weighted by molar-refractivity contribution is -0.127. The summed E-state index contributed by atoms with van der Waals surface area (Å²) in [6.07, 6.45) is 1.00. The van der Waals surface area contributed by atoms with Crippen LogP contribution in [-0.2, 0) is 4.79 Å². The molecule has 2 rings (SSSR count). The van der Waals surface area contributed by atoms with Crippen molar-refractivity contribution in [2.75, 3.05) is 38.6 Å². The zero-order valence-corrected chi connectivity index (χ0v) is 13.9. The van der Waals surface area contributed by atoms with Gasteiger partial charge in [0.2, 0.25) is 5.91 Å². The maximum absolute atomic E-state index is 12.0. The minimum Gasteiger partial charge on any atom is -0.361 e. The molecule has 5 heteroatoms. The van der Waals surface area contributed by atoms with E-state index in [0.29, 0.717) is 12.6 Å². The maximum atomic E-state index is 12.0. The highest BCUT2D eigenvalue weighted by Crippen LogP contribution is 2.30. The zero-order valence-electron chi connectivity index (χ0n) is 12.3. The van der Waals surface area contributed by atoms with Crippen molar-refractivity contribution in [1.29, 1.82) is 0 Å². The van der Waals surface area contributed by atoms with Crippen LogP contribution in [0.5, 0.6) is 0 Å². The number of carbonyl (C=O) groups is 1. The van der Waals surface area contributed by atoms with Crippen LogP contribution >= 0.6 is 15.9 Å². The second-order valence-electron chi connectivity index (χ2n) is 5.31. The molecule has 0 aromatic heterocycles. The van der Waals surface area contributed by atoms with Crippen LogP contribution in [0.4, 0.5) is 5.69 Å². The number of benzene rings is 1. The topological polar surface area (TPSA) is 35.6 Å². The molecule has 1 amide bonds. The first kappa shape index (κ1) is 15.3. The lowest BCUT2D eigenvalue weighted by Gasteiger charge is -2.24. The van der Waals surface area contributed by atoms with Crippen LogP contribution in [-0.4, -0.2) is 44.5 Å². The molecule has 1 aromatic carbocycles. The number of anilines is 1. The largest absolute Gasteiger partial charge is 0.361 e. The molecule has 1 aliphatic heterocycles. The van der Waals surface area contributed by atoms with E-state index in [-0.39, 0.29) is 5.91 Å². The molecular weight excluding hydrogens is 318 g/mol. The third-order valence-corrected chi connectivity index (χ3v) is 4.55. The SMILES string of the molecule is CNC(C)c1ccc(N2CCCN(C)C(=O)C2)c(Br)c1. The highest BCUT2D eigenvalue weighted by Gasteiger charge is 2.20. The van der Waals surface area contributed by atoms with Gasteiger partial charge in [-0.25, -0.2) is 0 Å². The van der Waals surface area contributed by atoms with Crippen LogP contribution in [0.25, 0.3) is 0 Å². The van der Waals surface area contributed by atoms with Crippen molar-refractivity contribution in [1.82, 2.24) is 10.2 Å². The van der Waals surface area contributed by atoms with E-state index in [1.165, 1.54) is 5.56 Å². The first-order valence-electron chi connectivity index (χ1n) is 6.98. The van der Waals surface area contributed by atoms with Crippen LogP contribution < -0.4 is 10.2 Å². The van der Waals surface area contributed by atoms with Gasteiger partial charge in [0.05, 0.1) is 12.2 Å². The first-order chi connectivity index (χ1) is 9.52. The molecule has 1 heterocycles. The van der Waals surface area contributed by atoms with Gasteiger partial charge in [-0.05, 0) is 54.0 Å². The Balaban J connectivity index is 2.22. The van der Waals surface area contributed by atoms with E-state index in [0.717, 1.165) is 29.7 Å². The van der Waals surface area contributed by atoms with Crippen molar-refractivity contribution < 1.29 is 4.79 Å². The van der Waals surface area contributed by atoms with Gasteiger partial charge in [-0.15, -0.1) is 0 Å². The van der Waals surface area contributed by atoms with Crippen LogP contribution in [0.3, 0.4) is 0 Å². The Morgan fingerprint density at radius 1 is 1.35 bits per heavy atom. The summed E-state index contributed by atoms with van der Waals surface area (Å²) in [7, 11) is 3.83. The van der Waals surface area contributed by atoms with Gasteiger partial charge in [0.15, 0.2) is 0 Å². The number of hydrogen-bond acceptors (Lipinski definition) is 3. The molecule has 1 aromatic rings. The molecule has 20 heavy (non-hydrogen) atoms. The summed E-state index contributed by atoms with van der Waals surface area (Å²) < 4.78 is 1.05. The van der Waals surface area contributed by atoms with Crippen molar-refractivity contribution >= 4 is 27.5 Å². The zero-order chi connectivity index (χ0) is 14.7. The van der Waals surface area contributed by atoms with Crippen LogP contribution in [0.1, 0.15) is 24.9 Å². The highest BCUT2D eigenvalue weighted by atomic mass is 79.9. The summed E-state index contributed by atoms with van der Waals surface area (Å²) in [4.78, 5) is 16.0. The predicted octanol–water partition coefficient (Wildman–Crippen LogP) is 2.40. The summed E-state index contributed by atoms with van der Waals surface area (Å²) in [6, 6.07) is 6.68. The average Bonchev–Trinajstić information content (AvgIpc) is 2.60. The number of nitrogens with one attached hydrogen (secondary N) is 1. The Kier molecular flexibility index (Phi) is 5.05. The molecular formula is C15H22BrN3O. The van der Waals surface area contributed by atoms with E-state index in [1.54, 1.807) is 0 Å². The highest BCUT2D eigenvalue weighted by molar-refractivity contribution is 9.10. The van der Waals surface area contributed by atoms with E-state index in [2.05, 4.69) is 51.3 Å². The lowest BCUT2D eigenvalue weighted by Crippen LogP contribution is -2.34. The molecule has 0 saturated carbocycles. The fourth-order valence-corrected chi connectivity index (χ4v) is 3.05. The molecule has 0 radical (unpaired) electrons. The van der Waals surface area contributed by atoms with Gasteiger partial charge in [-0.3, -0.25) is 4.79 Å². The van der Waals surface area contributed by atoms with Gasteiger partial charge in [0.1, 0.15) is 0 Å². The minimum atomic E-state index is 0.182. The monoisotopic (exact) mass is 339 g/mol. The van der Waals surface area contributed by atoms with E-state index >= 15 is 0 Å². The van der Waals surface area contributed by atoms with Crippen molar-refractivity contribution in [3.63, 3.8) is 0 Å². The maximum Gasteiger partial charge on any atom is 0.241 e. The Labute approximate surface area is 129 Å². The van der Waals surface area contributed by atoms with Crippen LogP contribution in [0, 0.1) is 0 Å². The average molecular weight is 340 g/mol. The molecule has 0 spiro atoms. The van der Waals surface area contributed by atoms with Gasteiger partial charge in [-0.1, -0.05) is 6.07 Å². The quantitative estimate of drug-likeness (QED) is 0.918. The summed E-state index contributed by atoms with van der Waals surface area (Å²) in [5, 5.41) is 3.24. The molecule has 4 nitrogen and oxygen atoms in total. The van der Waals surface area contributed by atoms with E-state index < -0.39 is 0 Å². The third kappa shape index (κ3) is 3.33. The van der Waals surface area contributed by atoms with E-state index in [4.69, 9.17) is 0 Å². The van der Waals surface area contributed by atoms with Gasteiger partial charge in [-0.2, -0.15) is 0 Å². The van der Waals surface area contributed by atoms with E-state index in [9.17, 15) is 4.79 Å². The molecule has 1 saturated heterocycles. The van der Waals surface area contributed by atoms with Crippen molar-refractivity contribution in [2.24, 2.45) is 0 Å². The lowest BCUT2D eigenvalue weighted by atomic mass is 10.1. The standard InChI is InChI=1S/C15H22BrN3O/c1-11(17-2)12-5-6-14(13(16)9-12)19-8-4-7-18(3)15(20)10-19/h5-6,9,11,17H,4,7-8,10H2,1-3H3. The molecule has 1 unspecified atom stereocenters. The second-order valence-corrected chi connectivity index (χ2v) is 6.17. The number of nitrogens with zero attached hydrogens (tertiary/aromatic N) is 2. The summed E-state index contributed by atoms with van der Waals surface area (Å²) in [6.45, 7) is 4.33. The normalized spacial score (nSPS) is 18.1. The molecule has 1 aliphatic rings. The van der Waals surface area contributed by atoms with Gasteiger partial charge in [0, 0.05) is 30.7 Å². The van der Waals surface area contributed by atoms with E-state index in [1.807, 2.05) is 19.0 Å². The molecule has 0 bridgehead atoms. The fraction of sp³-hybridized carbons (Fsp3) is 0.533. The number of likely N-dealkylation sites (N-methyl/N-ethyl adjacent to an activating group) is 1. The summed E-state index contributed by atoms with van der Waals surface area (Å²) in [5.74, 6) is 0.182. The Hall–Kier alpha value is -1.07. The predicted molar refractivity (Wildman–Crippen MR) is 86.1 cm³/mol. The van der Waals surface area contributed by atoms with Crippen LogP contribution in [0.15, 0.2) is 22.7 Å². The van der Waals surface area contributed by atoms with Crippen molar-refractivity contribution in [2.45, 2.75) is 19.4 Å². The Bertz CT molecular complexity index is 492. The molecule has 0 aliphatic carbocycles. The molecule has 1 atom stereocenters.